The summed E-state index contributed by atoms with van der Waals surface area (Å²) in [7, 11) is 0. The van der Waals surface area contributed by atoms with Gasteiger partial charge in [-0.1, -0.05) is 13.8 Å². The summed E-state index contributed by atoms with van der Waals surface area (Å²) >= 11 is 0. The number of hydrogen-bond acceptors (Lipinski definition) is 5. The third kappa shape index (κ3) is 5.99. The van der Waals surface area contributed by atoms with E-state index in [0.29, 0.717) is 19.3 Å². The minimum Gasteiger partial charge on any atom is -0.490 e. The minimum atomic E-state index is -4.50. The molecule has 1 aromatic carbocycles. The zero-order valence-electron chi connectivity index (χ0n) is 19.9. The molecule has 0 spiro atoms. The molecule has 4 rings (SSSR count). The maximum atomic E-state index is 13.2. The molecule has 36 heavy (non-hydrogen) atoms. The summed E-state index contributed by atoms with van der Waals surface area (Å²) in [6.45, 7) is 4.18. The molecule has 2 saturated heterocycles. The Morgan fingerprint density at radius 2 is 1.67 bits per heavy atom. The molecule has 2 aromatic rings. The first kappa shape index (κ1) is 26.4. The van der Waals surface area contributed by atoms with Gasteiger partial charge in [0.1, 0.15) is 6.10 Å². The second-order valence-electron chi connectivity index (χ2n) is 9.33. The van der Waals surface area contributed by atoms with Crippen molar-refractivity contribution in [3.8, 4) is 17.4 Å². The molecular formula is C25H28F6N2O3. The Bertz CT molecular complexity index is 1030. The van der Waals surface area contributed by atoms with Gasteiger partial charge in [0.05, 0.1) is 23.8 Å². The van der Waals surface area contributed by atoms with Gasteiger partial charge in [0.2, 0.25) is 5.88 Å². The number of alkyl halides is 6. The van der Waals surface area contributed by atoms with Crippen LogP contribution in [0.5, 0.6) is 17.4 Å². The van der Waals surface area contributed by atoms with Crippen LogP contribution < -0.4 is 14.3 Å². The van der Waals surface area contributed by atoms with Crippen LogP contribution in [0.4, 0.5) is 26.3 Å². The normalized spacial score (nSPS) is 24.9. The van der Waals surface area contributed by atoms with Crippen LogP contribution in [-0.4, -0.2) is 34.8 Å². The summed E-state index contributed by atoms with van der Waals surface area (Å²) in [5.41, 5.74) is -1.66. The molecular weight excluding hydrogens is 490 g/mol. The molecule has 0 aliphatic carbocycles. The van der Waals surface area contributed by atoms with Crippen LogP contribution in [0, 0.1) is 5.92 Å². The lowest BCUT2D eigenvalue weighted by atomic mass is 9.78. The zero-order valence-corrected chi connectivity index (χ0v) is 19.9. The molecule has 2 aliphatic rings. The van der Waals surface area contributed by atoms with Crippen molar-refractivity contribution in [1.29, 1.82) is 0 Å². The molecule has 4 atom stereocenters. The molecule has 2 fully saturated rings. The number of hydrogen-bond donors (Lipinski definition) is 0. The van der Waals surface area contributed by atoms with Crippen LogP contribution in [0.3, 0.4) is 0 Å². The Morgan fingerprint density at radius 3 is 2.31 bits per heavy atom. The average molecular weight is 518 g/mol. The van der Waals surface area contributed by atoms with E-state index in [4.69, 9.17) is 14.3 Å². The van der Waals surface area contributed by atoms with Gasteiger partial charge in [0.15, 0.2) is 11.5 Å². The summed E-state index contributed by atoms with van der Waals surface area (Å²) < 4.78 is 89.9. The maximum Gasteiger partial charge on any atom is 0.417 e. The van der Waals surface area contributed by atoms with E-state index in [1.165, 1.54) is 12.1 Å². The van der Waals surface area contributed by atoms with Gasteiger partial charge in [-0.15, -0.1) is 5.06 Å². The van der Waals surface area contributed by atoms with Crippen molar-refractivity contribution in [3.05, 3.63) is 47.7 Å². The molecule has 3 heterocycles. The quantitative estimate of drug-likeness (QED) is 0.373. The SMILES string of the molecule is CCCOc1cc(C(F)(F)F)ccc1OC1CC2CCC(C)C(C1)N2Oc1ccc(C(F)(F)F)cn1. The van der Waals surface area contributed by atoms with E-state index < -0.39 is 23.5 Å². The number of benzene rings is 1. The molecule has 11 heteroatoms. The summed E-state index contributed by atoms with van der Waals surface area (Å²) in [5.74, 6) is 0.596. The molecule has 2 aliphatic heterocycles. The van der Waals surface area contributed by atoms with Crippen molar-refractivity contribution in [2.75, 3.05) is 6.61 Å². The summed E-state index contributed by atoms with van der Waals surface area (Å²) in [6.07, 6.45) is -5.08. The van der Waals surface area contributed by atoms with Crippen LogP contribution in [0.2, 0.25) is 0 Å². The molecule has 0 saturated carbocycles. The summed E-state index contributed by atoms with van der Waals surface area (Å²) in [6, 6.07) is 5.19. The van der Waals surface area contributed by atoms with Crippen molar-refractivity contribution in [2.45, 2.75) is 76.5 Å². The van der Waals surface area contributed by atoms with Gasteiger partial charge in [-0.05, 0) is 49.4 Å². The molecule has 0 N–H and O–H groups in total. The van der Waals surface area contributed by atoms with Crippen molar-refractivity contribution in [2.24, 2.45) is 5.92 Å². The van der Waals surface area contributed by atoms with Crippen LogP contribution in [0.15, 0.2) is 36.5 Å². The van der Waals surface area contributed by atoms with E-state index in [1.807, 2.05) is 6.92 Å². The zero-order chi connectivity index (χ0) is 26.1. The minimum absolute atomic E-state index is 0.0533. The van der Waals surface area contributed by atoms with Crippen molar-refractivity contribution >= 4 is 0 Å². The van der Waals surface area contributed by atoms with Gasteiger partial charge >= 0.3 is 12.4 Å². The van der Waals surface area contributed by atoms with Gasteiger partial charge in [0.25, 0.3) is 0 Å². The van der Waals surface area contributed by atoms with Gasteiger partial charge < -0.3 is 14.3 Å². The lowest BCUT2D eigenvalue weighted by Gasteiger charge is -2.49. The third-order valence-electron chi connectivity index (χ3n) is 6.63. The van der Waals surface area contributed by atoms with Crippen LogP contribution in [0.25, 0.3) is 0 Å². The van der Waals surface area contributed by atoms with E-state index in [9.17, 15) is 26.3 Å². The summed E-state index contributed by atoms with van der Waals surface area (Å²) in [5, 5.41) is 1.80. The van der Waals surface area contributed by atoms with Crippen molar-refractivity contribution < 1.29 is 40.7 Å². The van der Waals surface area contributed by atoms with Gasteiger partial charge in [-0.3, -0.25) is 0 Å². The number of halogens is 6. The third-order valence-corrected chi connectivity index (χ3v) is 6.63. The number of fused-ring (bicyclic) bond motifs is 2. The predicted octanol–water partition coefficient (Wildman–Crippen LogP) is 6.91. The lowest BCUT2D eigenvalue weighted by Crippen LogP contribution is -2.58. The first-order valence-electron chi connectivity index (χ1n) is 12.0. The van der Waals surface area contributed by atoms with Crippen LogP contribution in [0.1, 0.15) is 57.1 Å². The van der Waals surface area contributed by atoms with Gasteiger partial charge in [0, 0.05) is 31.1 Å². The Hall–Kier alpha value is -2.69. The Labute approximate surface area is 205 Å². The number of aromatic nitrogens is 1. The molecule has 0 amide bonds. The fraction of sp³-hybridized carbons (Fsp3) is 0.560. The Kier molecular flexibility index (Phi) is 7.59. The monoisotopic (exact) mass is 518 g/mol. The highest BCUT2D eigenvalue weighted by atomic mass is 19.4. The van der Waals surface area contributed by atoms with Crippen molar-refractivity contribution in [1.82, 2.24) is 10.0 Å². The topological polar surface area (TPSA) is 43.8 Å². The highest BCUT2D eigenvalue weighted by Gasteiger charge is 2.45. The molecule has 4 unspecified atom stereocenters. The summed E-state index contributed by atoms with van der Waals surface area (Å²) in [4.78, 5) is 9.76. The van der Waals surface area contributed by atoms with Gasteiger partial charge in [-0.2, -0.15) is 26.3 Å². The second kappa shape index (κ2) is 10.4. The molecule has 1 aromatic heterocycles. The number of piperidine rings is 2. The smallest absolute Gasteiger partial charge is 0.417 e. The fourth-order valence-electron chi connectivity index (χ4n) is 4.76. The number of ether oxygens (including phenoxy) is 2. The standard InChI is InChI=1S/C25H28F6N2O3/c1-3-10-34-22-11-16(24(26,27)28)5-8-21(22)35-19-12-18-7-4-15(2)20(13-19)33(18)36-23-9-6-17(14-32-23)25(29,30)31/h5-6,8-9,11,14-15,18-20H,3-4,7,10,12-13H2,1-2H3. The van der Waals surface area contributed by atoms with E-state index in [2.05, 4.69) is 11.9 Å². The first-order valence-corrected chi connectivity index (χ1v) is 12.0. The van der Waals surface area contributed by atoms with E-state index in [0.717, 1.165) is 37.2 Å². The average Bonchev–Trinajstić information content (AvgIpc) is 2.80. The number of pyridine rings is 1. The molecule has 198 valence electrons. The Balaban J connectivity index is 1.49. The van der Waals surface area contributed by atoms with Crippen LogP contribution in [-0.2, 0) is 12.4 Å². The largest absolute Gasteiger partial charge is 0.490 e. The number of nitrogens with zero attached hydrogens (tertiary/aromatic N) is 2. The number of hydroxylamine groups is 2. The predicted molar refractivity (Wildman–Crippen MR) is 119 cm³/mol. The fourth-order valence-corrected chi connectivity index (χ4v) is 4.76. The second-order valence-corrected chi connectivity index (χ2v) is 9.33. The van der Waals surface area contributed by atoms with E-state index >= 15 is 0 Å². The van der Waals surface area contributed by atoms with E-state index in [1.54, 1.807) is 5.06 Å². The van der Waals surface area contributed by atoms with Crippen molar-refractivity contribution in [3.63, 3.8) is 0 Å². The lowest BCUT2D eigenvalue weighted by molar-refractivity contribution is -0.199. The first-order chi connectivity index (χ1) is 17.0. The highest BCUT2D eigenvalue weighted by Crippen LogP contribution is 2.42. The molecule has 2 bridgehead atoms. The molecule has 0 radical (unpaired) electrons. The Morgan fingerprint density at radius 1 is 0.944 bits per heavy atom. The maximum absolute atomic E-state index is 13.2. The highest BCUT2D eigenvalue weighted by molar-refractivity contribution is 5.44. The van der Waals surface area contributed by atoms with Crippen LogP contribution >= 0.6 is 0 Å². The van der Waals surface area contributed by atoms with E-state index in [-0.39, 0.29) is 48.1 Å². The molecule has 5 nitrogen and oxygen atoms in total. The number of rotatable bonds is 7. The van der Waals surface area contributed by atoms with Gasteiger partial charge in [-0.25, -0.2) is 4.98 Å².